The Morgan fingerprint density at radius 1 is 1.14 bits per heavy atom. The van der Waals surface area contributed by atoms with Crippen LogP contribution in [0.3, 0.4) is 0 Å². The van der Waals surface area contributed by atoms with E-state index in [1.54, 1.807) is 0 Å². The lowest BCUT2D eigenvalue weighted by Gasteiger charge is -2.34. The zero-order valence-electron chi connectivity index (χ0n) is 13.4. The molecular formula is C19H30N2. The van der Waals surface area contributed by atoms with E-state index in [1.807, 2.05) is 0 Å². The van der Waals surface area contributed by atoms with Gasteiger partial charge in [-0.2, -0.15) is 0 Å². The standard InChI is InChI=1S/C19H30N2/c1-2-7-19(17-8-4-3-5-9-17)21(14-16-11-12-16)15-18-10-6-13-20-18/h3-5,8-9,16,18-20H,2,6-7,10-15H2,1H3. The van der Waals surface area contributed by atoms with Gasteiger partial charge in [0.2, 0.25) is 0 Å². The van der Waals surface area contributed by atoms with Crippen LogP contribution >= 0.6 is 0 Å². The van der Waals surface area contributed by atoms with E-state index in [1.165, 1.54) is 63.7 Å². The Kier molecular flexibility index (Phi) is 5.32. The summed E-state index contributed by atoms with van der Waals surface area (Å²) in [6.45, 7) is 6.07. The third-order valence-corrected chi connectivity index (χ3v) is 4.99. The summed E-state index contributed by atoms with van der Waals surface area (Å²) in [5.41, 5.74) is 1.51. The highest BCUT2D eigenvalue weighted by atomic mass is 15.2. The molecule has 116 valence electrons. The number of hydrogen-bond donors (Lipinski definition) is 1. The van der Waals surface area contributed by atoms with Crippen molar-refractivity contribution in [3.63, 3.8) is 0 Å². The molecule has 0 aromatic heterocycles. The molecule has 0 radical (unpaired) electrons. The summed E-state index contributed by atoms with van der Waals surface area (Å²) in [5, 5.41) is 3.69. The van der Waals surface area contributed by atoms with Crippen molar-refractivity contribution in [2.75, 3.05) is 19.6 Å². The summed E-state index contributed by atoms with van der Waals surface area (Å²) in [7, 11) is 0. The largest absolute Gasteiger partial charge is 0.313 e. The van der Waals surface area contributed by atoms with E-state index < -0.39 is 0 Å². The van der Waals surface area contributed by atoms with E-state index >= 15 is 0 Å². The molecule has 3 rings (SSSR count). The fourth-order valence-electron chi connectivity index (χ4n) is 3.67. The second-order valence-electron chi connectivity index (χ2n) is 6.91. The molecule has 1 heterocycles. The van der Waals surface area contributed by atoms with Crippen molar-refractivity contribution >= 4 is 0 Å². The van der Waals surface area contributed by atoms with E-state index in [0.29, 0.717) is 12.1 Å². The molecule has 1 saturated heterocycles. The molecule has 2 unspecified atom stereocenters. The molecule has 0 spiro atoms. The molecule has 0 amide bonds. The van der Waals surface area contributed by atoms with Crippen LogP contribution in [0.2, 0.25) is 0 Å². The maximum atomic E-state index is 3.69. The van der Waals surface area contributed by atoms with Crippen LogP contribution in [0.1, 0.15) is 57.1 Å². The first-order valence-corrected chi connectivity index (χ1v) is 8.89. The molecule has 1 saturated carbocycles. The molecule has 2 atom stereocenters. The van der Waals surface area contributed by atoms with Crippen molar-refractivity contribution < 1.29 is 0 Å². The van der Waals surface area contributed by atoms with Gasteiger partial charge in [-0.05, 0) is 50.1 Å². The summed E-state index contributed by atoms with van der Waals surface area (Å²) in [6.07, 6.45) is 8.15. The molecule has 21 heavy (non-hydrogen) atoms. The van der Waals surface area contributed by atoms with E-state index in [9.17, 15) is 0 Å². The lowest BCUT2D eigenvalue weighted by molar-refractivity contribution is 0.163. The third-order valence-electron chi connectivity index (χ3n) is 4.99. The van der Waals surface area contributed by atoms with Crippen LogP contribution in [-0.4, -0.2) is 30.6 Å². The molecule has 1 aromatic rings. The Morgan fingerprint density at radius 2 is 1.95 bits per heavy atom. The fraction of sp³-hybridized carbons (Fsp3) is 0.684. The van der Waals surface area contributed by atoms with E-state index in [0.717, 1.165) is 5.92 Å². The molecule has 0 bridgehead atoms. The van der Waals surface area contributed by atoms with Crippen LogP contribution in [0.4, 0.5) is 0 Å². The molecule has 1 aliphatic carbocycles. The molecular weight excluding hydrogens is 256 g/mol. The van der Waals surface area contributed by atoms with Crippen LogP contribution in [-0.2, 0) is 0 Å². The average Bonchev–Trinajstić information content (AvgIpc) is 3.18. The maximum Gasteiger partial charge on any atom is 0.0348 e. The van der Waals surface area contributed by atoms with Gasteiger partial charge in [0, 0.05) is 25.2 Å². The van der Waals surface area contributed by atoms with Gasteiger partial charge in [-0.15, -0.1) is 0 Å². The molecule has 1 aliphatic heterocycles. The predicted octanol–water partition coefficient (Wildman–Crippen LogP) is 3.99. The normalized spacial score (nSPS) is 23.6. The van der Waals surface area contributed by atoms with Gasteiger partial charge < -0.3 is 5.32 Å². The number of nitrogens with zero attached hydrogens (tertiary/aromatic N) is 1. The zero-order valence-corrected chi connectivity index (χ0v) is 13.4. The number of rotatable bonds is 8. The van der Waals surface area contributed by atoms with E-state index in [2.05, 4.69) is 47.5 Å². The summed E-state index contributed by atoms with van der Waals surface area (Å²) in [4.78, 5) is 2.79. The minimum absolute atomic E-state index is 0.610. The quantitative estimate of drug-likeness (QED) is 0.777. The summed E-state index contributed by atoms with van der Waals surface area (Å²) < 4.78 is 0. The summed E-state index contributed by atoms with van der Waals surface area (Å²) in [6, 6.07) is 12.5. The lowest BCUT2D eigenvalue weighted by Crippen LogP contribution is -2.40. The van der Waals surface area contributed by atoms with Crippen molar-refractivity contribution in [3.8, 4) is 0 Å². The Morgan fingerprint density at radius 3 is 2.57 bits per heavy atom. The zero-order chi connectivity index (χ0) is 14.5. The molecule has 2 nitrogen and oxygen atoms in total. The maximum absolute atomic E-state index is 3.69. The van der Waals surface area contributed by atoms with Crippen molar-refractivity contribution in [1.29, 1.82) is 0 Å². The van der Waals surface area contributed by atoms with Crippen molar-refractivity contribution in [3.05, 3.63) is 35.9 Å². The van der Waals surface area contributed by atoms with Gasteiger partial charge in [-0.3, -0.25) is 4.90 Å². The number of nitrogens with one attached hydrogen (secondary N) is 1. The summed E-state index contributed by atoms with van der Waals surface area (Å²) >= 11 is 0. The highest BCUT2D eigenvalue weighted by Gasteiger charge is 2.30. The third kappa shape index (κ3) is 4.31. The van der Waals surface area contributed by atoms with Gasteiger partial charge in [-0.1, -0.05) is 43.7 Å². The monoisotopic (exact) mass is 286 g/mol. The Labute approximate surface area is 129 Å². The molecule has 2 heteroatoms. The summed E-state index contributed by atoms with van der Waals surface area (Å²) in [5.74, 6) is 0.967. The van der Waals surface area contributed by atoms with Crippen molar-refractivity contribution in [2.24, 2.45) is 5.92 Å². The second-order valence-corrected chi connectivity index (χ2v) is 6.91. The topological polar surface area (TPSA) is 15.3 Å². The van der Waals surface area contributed by atoms with Gasteiger partial charge in [0.1, 0.15) is 0 Å². The van der Waals surface area contributed by atoms with Crippen molar-refractivity contribution in [2.45, 2.75) is 57.5 Å². The Bertz CT molecular complexity index is 407. The molecule has 2 fully saturated rings. The van der Waals surface area contributed by atoms with Gasteiger partial charge in [-0.25, -0.2) is 0 Å². The highest BCUT2D eigenvalue weighted by molar-refractivity contribution is 5.19. The van der Waals surface area contributed by atoms with Gasteiger partial charge in [0.05, 0.1) is 0 Å². The fourth-order valence-corrected chi connectivity index (χ4v) is 3.67. The van der Waals surface area contributed by atoms with Crippen molar-refractivity contribution in [1.82, 2.24) is 10.2 Å². The smallest absolute Gasteiger partial charge is 0.0348 e. The van der Waals surface area contributed by atoms with E-state index in [-0.39, 0.29) is 0 Å². The van der Waals surface area contributed by atoms with Gasteiger partial charge in [0.25, 0.3) is 0 Å². The lowest BCUT2D eigenvalue weighted by atomic mass is 9.99. The van der Waals surface area contributed by atoms with Crippen LogP contribution in [0.25, 0.3) is 0 Å². The second kappa shape index (κ2) is 7.42. The first kappa shape index (κ1) is 15.1. The molecule has 2 aliphatic rings. The van der Waals surface area contributed by atoms with Crippen LogP contribution < -0.4 is 5.32 Å². The number of hydrogen-bond acceptors (Lipinski definition) is 2. The molecule has 1 N–H and O–H groups in total. The number of benzene rings is 1. The van der Waals surface area contributed by atoms with Gasteiger partial charge in [0.15, 0.2) is 0 Å². The average molecular weight is 286 g/mol. The van der Waals surface area contributed by atoms with Crippen LogP contribution in [0.15, 0.2) is 30.3 Å². The van der Waals surface area contributed by atoms with E-state index in [4.69, 9.17) is 0 Å². The van der Waals surface area contributed by atoms with Crippen LogP contribution in [0, 0.1) is 5.92 Å². The predicted molar refractivity (Wildman–Crippen MR) is 89.4 cm³/mol. The first-order valence-electron chi connectivity index (χ1n) is 8.89. The Hall–Kier alpha value is -0.860. The Balaban J connectivity index is 1.72. The highest BCUT2D eigenvalue weighted by Crippen LogP contribution is 2.34. The minimum Gasteiger partial charge on any atom is -0.313 e. The SMILES string of the molecule is CCCC(c1ccccc1)N(CC1CC1)CC1CCCN1. The van der Waals surface area contributed by atoms with Gasteiger partial charge >= 0.3 is 0 Å². The minimum atomic E-state index is 0.610. The molecule has 1 aromatic carbocycles. The van der Waals surface area contributed by atoms with Crippen LogP contribution in [0.5, 0.6) is 0 Å². The first-order chi connectivity index (χ1) is 10.4.